The van der Waals surface area contributed by atoms with Gasteiger partial charge in [-0.1, -0.05) is 0 Å². The summed E-state index contributed by atoms with van der Waals surface area (Å²) in [6.07, 6.45) is 1.67. The Morgan fingerprint density at radius 2 is 2.00 bits per heavy atom. The molecule has 2 N–H and O–H groups in total. The normalized spacial score (nSPS) is 10.3. The highest BCUT2D eigenvalue weighted by atomic mass is 79.9. The fourth-order valence-corrected chi connectivity index (χ4v) is 2.52. The topological polar surface area (TPSA) is 54.0 Å². The van der Waals surface area contributed by atoms with E-state index in [-0.39, 0.29) is 5.91 Å². The Kier molecular flexibility index (Phi) is 4.96. The first-order chi connectivity index (χ1) is 10.0. The molecule has 0 aliphatic heterocycles. The lowest BCUT2D eigenvalue weighted by Gasteiger charge is -2.11. The maximum Gasteiger partial charge on any atom is 0.257 e. The summed E-state index contributed by atoms with van der Waals surface area (Å²) in [6, 6.07) is 7.63. The van der Waals surface area contributed by atoms with Gasteiger partial charge >= 0.3 is 0 Å². The van der Waals surface area contributed by atoms with Crippen LogP contribution in [-0.2, 0) is 0 Å². The molecule has 0 radical (unpaired) electrons. The van der Waals surface area contributed by atoms with Crippen LogP contribution in [0.3, 0.4) is 0 Å². The molecule has 0 fully saturated rings. The maximum absolute atomic E-state index is 12.4. The number of nitrogens with zero attached hydrogens (tertiary/aromatic N) is 1. The van der Waals surface area contributed by atoms with Gasteiger partial charge < -0.3 is 10.6 Å². The number of carbonyl (C=O) groups is 1. The molecule has 1 heterocycles. The first-order valence-electron chi connectivity index (χ1n) is 6.79. The van der Waals surface area contributed by atoms with Crippen molar-refractivity contribution in [2.75, 3.05) is 17.2 Å². The largest absolute Gasteiger partial charge is 0.385 e. The Bertz CT molecular complexity index is 671. The fraction of sp³-hybridized carbons (Fsp3) is 0.250. The van der Waals surface area contributed by atoms with Crippen LogP contribution in [0.4, 0.5) is 11.5 Å². The molecule has 1 aromatic heterocycles. The number of carbonyl (C=O) groups excluding carboxylic acids is 1. The summed E-state index contributed by atoms with van der Waals surface area (Å²) in [5, 5.41) is 6.08. The van der Waals surface area contributed by atoms with Crippen molar-refractivity contribution < 1.29 is 4.79 Å². The van der Waals surface area contributed by atoms with E-state index in [1.54, 1.807) is 6.20 Å². The van der Waals surface area contributed by atoms with Crippen LogP contribution in [0.1, 0.15) is 28.4 Å². The van der Waals surface area contributed by atoms with Gasteiger partial charge in [0.1, 0.15) is 5.82 Å². The Labute approximate surface area is 133 Å². The van der Waals surface area contributed by atoms with Gasteiger partial charge in [0, 0.05) is 28.5 Å². The monoisotopic (exact) mass is 347 g/mol. The summed E-state index contributed by atoms with van der Waals surface area (Å²) in [5.74, 6) is 0.437. The molecule has 21 heavy (non-hydrogen) atoms. The highest BCUT2D eigenvalue weighted by Gasteiger charge is 2.11. The minimum atomic E-state index is -0.145. The van der Waals surface area contributed by atoms with Crippen molar-refractivity contribution in [3.8, 4) is 0 Å². The minimum Gasteiger partial charge on any atom is -0.385 e. The van der Waals surface area contributed by atoms with E-state index in [4.69, 9.17) is 0 Å². The average molecular weight is 348 g/mol. The second-order valence-corrected chi connectivity index (χ2v) is 5.75. The molecule has 5 heteroatoms. The van der Waals surface area contributed by atoms with Crippen LogP contribution in [0.5, 0.6) is 0 Å². The number of aryl methyl sites for hydroxylation is 2. The van der Waals surface area contributed by atoms with Crippen LogP contribution in [0.25, 0.3) is 0 Å². The van der Waals surface area contributed by atoms with Crippen molar-refractivity contribution in [3.05, 3.63) is 51.6 Å². The lowest BCUT2D eigenvalue weighted by atomic mass is 10.1. The Morgan fingerprint density at radius 1 is 1.24 bits per heavy atom. The highest BCUT2D eigenvalue weighted by Crippen LogP contribution is 2.19. The third-order valence-electron chi connectivity index (χ3n) is 3.13. The number of amides is 1. The molecular weight excluding hydrogens is 330 g/mol. The fourth-order valence-electron chi connectivity index (χ4n) is 2.08. The minimum absolute atomic E-state index is 0.145. The van der Waals surface area contributed by atoms with Crippen LogP contribution < -0.4 is 10.6 Å². The zero-order valence-electron chi connectivity index (χ0n) is 12.3. The number of hydrogen-bond acceptors (Lipinski definition) is 3. The second kappa shape index (κ2) is 6.72. The van der Waals surface area contributed by atoms with Crippen LogP contribution in [0.2, 0.25) is 0 Å². The van der Waals surface area contributed by atoms with E-state index in [2.05, 4.69) is 31.5 Å². The number of anilines is 2. The zero-order chi connectivity index (χ0) is 15.4. The number of benzene rings is 1. The molecule has 0 aliphatic rings. The van der Waals surface area contributed by atoms with E-state index in [1.807, 2.05) is 45.0 Å². The number of rotatable bonds is 4. The van der Waals surface area contributed by atoms with Gasteiger partial charge in [0.05, 0.1) is 0 Å². The molecule has 0 spiro atoms. The van der Waals surface area contributed by atoms with Crippen molar-refractivity contribution in [2.45, 2.75) is 20.8 Å². The third kappa shape index (κ3) is 3.82. The SMILES string of the molecule is CCNc1ccc(C(=O)Nc2ncc(Br)cc2C)c(C)c1. The van der Waals surface area contributed by atoms with Gasteiger partial charge in [0.25, 0.3) is 5.91 Å². The molecule has 1 amide bonds. The predicted octanol–water partition coefficient (Wildman–Crippen LogP) is 4.15. The van der Waals surface area contributed by atoms with Crippen molar-refractivity contribution in [1.29, 1.82) is 0 Å². The second-order valence-electron chi connectivity index (χ2n) is 4.83. The summed E-state index contributed by atoms with van der Waals surface area (Å²) >= 11 is 3.36. The zero-order valence-corrected chi connectivity index (χ0v) is 13.9. The van der Waals surface area contributed by atoms with E-state index in [0.717, 1.165) is 27.8 Å². The van der Waals surface area contributed by atoms with E-state index in [9.17, 15) is 4.79 Å². The molecule has 4 nitrogen and oxygen atoms in total. The summed E-state index contributed by atoms with van der Waals surface area (Å²) in [4.78, 5) is 16.6. The number of halogens is 1. The number of pyridine rings is 1. The Balaban J connectivity index is 2.20. The standard InChI is InChI=1S/C16H18BrN3O/c1-4-18-13-5-6-14(10(2)8-13)16(21)20-15-11(3)7-12(17)9-19-15/h5-9,18H,4H2,1-3H3,(H,19,20,21). The van der Waals surface area contributed by atoms with E-state index in [1.165, 1.54) is 0 Å². The summed E-state index contributed by atoms with van der Waals surface area (Å²) in [7, 11) is 0. The molecule has 0 aliphatic carbocycles. The molecule has 110 valence electrons. The third-order valence-corrected chi connectivity index (χ3v) is 3.56. The molecule has 2 aromatic rings. The van der Waals surface area contributed by atoms with Crippen molar-refractivity contribution in [2.24, 2.45) is 0 Å². The van der Waals surface area contributed by atoms with E-state index in [0.29, 0.717) is 11.4 Å². The van der Waals surface area contributed by atoms with Gasteiger partial charge in [0.2, 0.25) is 0 Å². The van der Waals surface area contributed by atoms with Crippen molar-refractivity contribution >= 4 is 33.3 Å². The van der Waals surface area contributed by atoms with Crippen LogP contribution >= 0.6 is 15.9 Å². The van der Waals surface area contributed by atoms with Crippen molar-refractivity contribution in [3.63, 3.8) is 0 Å². The van der Waals surface area contributed by atoms with E-state index < -0.39 is 0 Å². The molecule has 0 unspecified atom stereocenters. The number of hydrogen-bond donors (Lipinski definition) is 2. The average Bonchev–Trinajstić information content (AvgIpc) is 2.42. The molecular formula is C16H18BrN3O. The van der Waals surface area contributed by atoms with E-state index >= 15 is 0 Å². The summed E-state index contributed by atoms with van der Waals surface area (Å²) in [6.45, 7) is 6.73. The molecule has 2 rings (SSSR count). The smallest absolute Gasteiger partial charge is 0.257 e. The van der Waals surface area contributed by atoms with Gasteiger partial charge in [0.15, 0.2) is 0 Å². The Hall–Kier alpha value is -1.88. The number of aromatic nitrogens is 1. The quantitative estimate of drug-likeness (QED) is 0.873. The summed E-state index contributed by atoms with van der Waals surface area (Å²) in [5.41, 5.74) is 3.52. The molecule has 0 bridgehead atoms. The van der Waals surface area contributed by atoms with Crippen LogP contribution in [0, 0.1) is 13.8 Å². The number of nitrogens with one attached hydrogen (secondary N) is 2. The van der Waals surface area contributed by atoms with Crippen molar-refractivity contribution in [1.82, 2.24) is 4.98 Å². The summed E-state index contributed by atoms with van der Waals surface area (Å²) < 4.78 is 0.893. The van der Waals surface area contributed by atoms with Crippen LogP contribution in [0.15, 0.2) is 34.9 Å². The van der Waals surface area contributed by atoms with Gasteiger partial charge in [-0.2, -0.15) is 0 Å². The Morgan fingerprint density at radius 3 is 2.62 bits per heavy atom. The first-order valence-corrected chi connectivity index (χ1v) is 7.58. The van der Waals surface area contributed by atoms with Gasteiger partial charge in [-0.15, -0.1) is 0 Å². The molecule has 1 aromatic carbocycles. The maximum atomic E-state index is 12.4. The lowest BCUT2D eigenvalue weighted by Crippen LogP contribution is -2.15. The van der Waals surface area contributed by atoms with Gasteiger partial charge in [-0.3, -0.25) is 4.79 Å². The van der Waals surface area contributed by atoms with Gasteiger partial charge in [-0.05, 0) is 72.1 Å². The molecule has 0 saturated heterocycles. The molecule has 0 atom stereocenters. The first kappa shape index (κ1) is 15.5. The highest BCUT2D eigenvalue weighted by molar-refractivity contribution is 9.10. The predicted molar refractivity (Wildman–Crippen MR) is 90.0 cm³/mol. The van der Waals surface area contributed by atoms with Crippen LogP contribution in [-0.4, -0.2) is 17.4 Å². The van der Waals surface area contributed by atoms with Gasteiger partial charge in [-0.25, -0.2) is 4.98 Å². The molecule has 0 saturated carbocycles. The lowest BCUT2D eigenvalue weighted by molar-refractivity contribution is 0.102.